The Hall–Kier alpha value is -1.71. The molecule has 3 aromatic rings. The molecule has 20 heavy (non-hydrogen) atoms. The molecule has 0 aliphatic rings. The van der Waals surface area contributed by atoms with E-state index in [4.69, 9.17) is 4.98 Å². The van der Waals surface area contributed by atoms with Crippen LogP contribution in [-0.2, 0) is 12.8 Å². The number of para-hydroxylation sites is 1. The minimum absolute atomic E-state index is 0.433. The highest BCUT2D eigenvalue weighted by Gasteiger charge is 2.10. The first-order chi connectivity index (χ1) is 9.85. The Morgan fingerprint density at radius 1 is 1.05 bits per heavy atom. The van der Waals surface area contributed by atoms with Crippen molar-refractivity contribution in [3.63, 3.8) is 0 Å². The van der Waals surface area contributed by atoms with E-state index in [9.17, 15) is 0 Å². The smallest absolute Gasteiger partial charge is 0.0705 e. The number of nitrogens with one attached hydrogen (secondary N) is 1. The van der Waals surface area contributed by atoms with Gasteiger partial charge in [-0.25, -0.2) is 0 Å². The molecule has 2 aromatic heterocycles. The van der Waals surface area contributed by atoms with E-state index in [1.54, 1.807) is 0 Å². The number of likely N-dealkylation sites (N-methyl/N-ethyl adjacent to an activating group) is 1. The summed E-state index contributed by atoms with van der Waals surface area (Å²) in [4.78, 5) is 6.18. The van der Waals surface area contributed by atoms with Crippen molar-refractivity contribution in [2.75, 3.05) is 7.05 Å². The molecule has 0 bridgehead atoms. The molecular weight excluding hydrogens is 264 g/mol. The SMILES string of the molecule is CNC(Cc1ccc2ccccc2n1)Cc1cccs1. The zero-order valence-electron chi connectivity index (χ0n) is 11.5. The van der Waals surface area contributed by atoms with E-state index in [1.807, 2.05) is 24.5 Å². The highest BCUT2D eigenvalue weighted by Crippen LogP contribution is 2.16. The summed E-state index contributed by atoms with van der Waals surface area (Å²) in [6.07, 6.45) is 2.02. The van der Waals surface area contributed by atoms with Gasteiger partial charge >= 0.3 is 0 Å². The van der Waals surface area contributed by atoms with Crippen LogP contribution in [0.1, 0.15) is 10.6 Å². The van der Waals surface area contributed by atoms with E-state index >= 15 is 0 Å². The first-order valence-electron chi connectivity index (χ1n) is 6.89. The van der Waals surface area contributed by atoms with E-state index in [0.717, 1.165) is 24.1 Å². The van der Waals surface area contributed by atoms with Crippen molar-refractivity contribution < 1.29 is 0 Å². The summed E-state index contributed by atoms with van der Waals surface area (Å²) in [5.74, 6) is 0. The third-order valence-corrected chi connectivity index (χ3v) is 4.45. The van der Waals surface area contributed by atoms with Gasteiger partial charge in [0.25, 0.3) is 0 Å². The summed E-state index contributed by atoms with van der Waals surface area (Å²) < 4.78 is 0. The van der Waals surface area contributed by atoms with Crippen molar-refractivity contribution in [3.8, 4) is 0 Å². The lowest BCUT2D eigenvalue weighted by Crippen LogP contribution is -2.29. The van der Waals surface area contributed by atoms with Crippen LogP contribution in [0.4, 0.5) is 0 Å². The molecule has 0 radical (unpaired) electrons. The standard InChI is InChI=1S/C17H18N2S/c1-18-15(12-16-6-4-10-20-16)11-14-9-8-13-5-2-3-7-17(13)19-14/h2-10,15,18H,11-12H2,1H3. The Kier molecular flexibility index (Phi) is 4.09. The van der Waals surface area contributed by atoms with E-state index in [0.29, 0.717) is 6.04 Å². The van der Waals surface area contributed by atoms with Crippen LogP contribution in [0.2, 0.25) is 0 Å². The van der Waals surface area contributed by atoms with E-state index in [2.05, 4.69) is 53.2 Å². The molecule has 0 spiro atoms. The predicted octanol–water partition coefficient (Wildman–Crippen LogP) is 3.67. The number of thiophene rings is 1. The zero-order valence-corrected chi connectivity index (χ0v) is 12.4. The fourth-order valence-electron chi connectivity index (χ4n) is 2.42. The second kappa shape index (κ2) is 6.16. The number of fused-ring (bicyclic) bond motifs is 1. The molecule has 1 unspecified atom stereocenters. The van der Waals surface area contributed by atoms with Crippen molar-refractivity contribution >= 4 is 22.2 Å². The molecule has 0 aliphatic carbocycles. The number of hydrogen-bond donors (Lipinski definition) is 1. The van der Waals surface area contributed by atoms with Gasteiger partial charge in [-0.2, -0.15) is 0 Å². The molecule has 0 aliphatic heterocycles. The van der Waals surface area contributed by atoms with Crippen LogP contribution >= 0.6 is 11.3 Å². The fourth-order valence-corrected chi connectivity index (χ4v) is 3.21. The maximum Gasteiger partial charge on any atom is 0.0705 e. The van der Waals surface area contributed by atoms with E-state index in [-0.39, 0.29) is 0 Å². The largest absolute Gasteiger partial charge is 0.316 e. The van der Waals surface area contributed by atoms with Gasteiger partial charge < -0.3 is 5.32 Å². The van der Waals surface area contributed by atoms with Gasteiger partial charge in [0.05, 0.1) is 5.52 Å². The number of nitrogens with zero attached hydrogens (tertiary/aromatic N) is 1. The van der Waals surface area contributed by atoms with Gasteiger partial charge in [-0.15, -0.1) is 11.3 Å². The third kappa shape index (κ3) is 3.06. The van der Waals surface area contributed by atoms with Crippen LogP contribution in [0.5, 0.6) is 0 Å². The number of rotatable bonds is 5. The summed E-state index contributed by atoms with van der Waals surface area (Å²) in [6.45, 7) is 0. The molecule has 3 heteroatoms. The quantitative estimate of drug-likeness (QED) is 0.772. The maximum absolute atomic E-state index is 4.76. The van der Waals surface area contributed by atoms with Crippen molar-refractivity contribution in [1.82, 2.24) is 10.3 Å². The van der Waals surface area contributed by atoms with Crippen molar-refractivity contribution in [3.05, 3.63) is 64.5 Å². The molecule has 0 saturated heterocycles. The second-order valence-electron chi connectivity index (χ2n) is 4.97. The van der Waals surface area contributed by atoms with Crippen molar-refractivity contribution in [1.29, 1.82) is 0 Å². The molecule has 3 rings (SSSR count). The number of aromatic nitrogens is 1. The minimum atomic E-state index is 0.433. The van der Waals surface area contributed by atoms with Gasteiger partial charge in [0, 0.05) is 28.4 Å². The van der Waals surface area contributed by atoms with Crippen LogP contribution in [0.15, 0.2) is 53.9 Å². The van der Waals surface area contributed by atoms with Crippen LogP contribution in [0, 0.1) is 0 Å². The molecule has 2 heterocycles. The minimum Gasteiger partial charge on any atom is -0.316 e. The molecule has 2 nitrogen and oxygen atoms in total. The monoisotopic (exact) mass is 282 g/mol. The van der Waals surface area contributed by atoms with Gasteiger partial charge in [0.15, 0.2) is 0 Å². The van der Waals surface area contributed by atoms with E-state index < -0.39 is 0 Å². The molecule has 1 aromatic carbocycles. The van der Waals surface area contributed by atoms with Gasteiger partial charge in [-0.3, -0.25) is 4.98 Å². The molecule has 102 valence electrons. The van der Waals surface area contributed by atoms with Crippen LogP contribution in [0.3, 0.4) is 0 Å². The second-order valence-corrected chi connectivity index (χ2v) is 6.00. The van der Waals surface area contributed by atoms with Gasteiger partial charge in [0.2, 0.25) is 0 Å². The average molecular weight is 282 g/mol. The molecule has 0 fully saturated rings. The summed E-state index contributed by atoms with van der Waals surface area (Å²) in [7, 11) is 2.03. The van der Waals surface area contributed by atoms with Gasteiger partial charge in [-0.05, 0) is 37.0 Å². The Bertz CT molecular complexity index is 676. The molecule has 1 atom stereocenters. The third-order valence-electron chi connectivity index (χ3n) is 3.55. The molecule has 0 amide bonds. The maximum atomic E-state index is 4.76. The Morgan fingerprint density at radius 2 is 1.95 bits per heavy atom. The first kappa shape index (κ1) is 13.3. The lowest BCUT2D eigenvalue weighted by atomic mass is 10.1. The number of hydrogen-bond acceptors (Lipinski definition) is 3. The van der Waals surface area contributed by atoms with E-state index in [1.165, 1.54) is 10.3 Å². The Labute approximate surface area is 123 Å². The van der Waals surface area contributed by atoms with Crippen LogP contribution in [-0.4, -0.2) is 18.1 Å². The lowest BCUT2D eigenvalue weighted by Gasteiger charge is -2.15. The highest BCUT2D eigenvalue weighted by atomic mass is 32.1. The first-order valence-corrected chi connectivity index (χ1v) is 7.77. The van der Waals surface area contributed by atoms with Crippen molar-refractivity contribution in [2.45, 2.75) is 18.9 Å². The van der Waals surface area contributed by atoms with Crippen LogP contribution < -0.4 is 5.32 Å². The normalized spacial score (nSPS) is 12.7. The average Bonchev–Trinajstić information content (AvgIpc) is 2.99. The number of pyridine rings is 1. The fraction of sp³-hybridized carbons (Fsp3) is 0.235. The van der Waals surface area contributed by atoms with Gasteiger partial charge in [-0.1, -0.05) is 30.3 Å². The summed E-state index contributed by atoms with van der Waals surface area (Å²) in [5, 5.41) is 6.74. The van der Waals surface area contributed by atoms with Gasteiger partial charge in [0.1, 0.15) is 0 Å². The lowest BCUT2D eigenvalue weighted by molar-refractivity contribution is 0.555. The summed E-state index contributed by atoms with van der Waals surface area (Å²) >= 11 is 1.82. The molecular formula is C17H18N2S. The number of benzene rings is 1. The van der Waals surface area contributed by atoms with Crippen LogP contribution in [0.25, 0.3) is 10.9 Å². The predicted molar refractivity (Wildman–Crippen MR) is 86.3 cm³/mol. The summed E-state index contributed by atoms with van der Waals surface area (Å²) in [6, 6.07) is 17.3. The Balaban J connectivity index is 1.76. The highest BCUT2D eigenvalue weighted by molar-refractivity contribution is 7.09. The Morgan fingerprint density at radius 3 is 2.75 bits per heavy atom. The topological polar surface area (TPSA) is 24.9 Å². The van der Waals surface area contributed by atoms with Crippen molar-refractivity contribution in [2.24, 2.45) is 0 Å². The summed E-state index contributed by atoms with van der Waals surface area (Å²) in [5.41, 5.74) is 2.23. The molecule has 1 N–H and O–H groups in total. The zero-order chi connectivity index (χ0) is 13.8. The molecule has 0 saturated carbocycles.